The summed E-state index contributed by atoms with van der Waals surface area (Å²) in [6.45, 7) is 8.76. The number of carbonyl (C=O) groups excluding carboxylic acids is 2. The van der Waals surface area contributed by atoms with Crippen LogP contribution in [0.4, 0.5) is 0 Å². The van der Waals surface area contributed by atoms with Crippen LogP contribution in [0.2, 0.25) is 0 Å². The first-order valence-electron chi connectivity index (χ1n) is 6.57. The van der Waals surface area contributed by atoms with Gasteiger partial charge in [-0.2, -0.15) is 11.8 Å². The van der Waals surface area contributed by atoms with Gasteiger partial charge in [-0.15, -0.1) is 0 Å². The van der Waals surface area contributed by atoms with Gasteiger partial charge >= 0.3 is 0 Å². The molecular weight excluding hydrogens is 248 g/mol. The van der Waals surface area contributed by atoms with Gasteiger partial charge in [-0.3, -0.25) is 9.59 Å². The number of ketones is 1. The summed E-state index contributed by atoms with van der Waals surface area (Å²) >= 11 is 1.77. The zero-order valence-corrected chi connectivity index (χ0v) is 12.5. The van der Waals surface area contributed by atoms with E-state index in [1.165, 1.54) is 0 Å². The highest BCUT2D eigenvalue weighted by atomic mass is 32.2. The van der Waals surface area contributed by atoms with Crippen LogP contribution in [0.1, 0.15) is 27.7 Å². The molecule has 1 heterocycles. The van der Waals surface area contributed by atoms with Crippen LogP contribution in [0.5, 0.6) is 0 Å². The average Bonchev–Trinajstić information content (AvgIpc) is 2.43. The standard InChI is InChI=1S/C13H24N2O2S/c1-9(2)12(16)7-15-5-6-18-8-11(13(15)17)14-10(3)4/h9-11,14H,5-8H2,1-4H3. The Labute approximate surface area is 114 Å². The van der Waals surface area contributed by atoms with Crippen molar-refractivity contribution in [1.29, 1.82) is 0 Å². The van der Waals surface area contributed by atoms with Gasteiger partial charge in [0, 0.05) is 30.0 Å². The summed E-state index contributed by atoms with van der Waals surface area (Å²) < 4.78 is 0. The van der Waals surface area contributed by atoms with Gasteiger partial charge in [-0.05, 0) is 0 Å². The van der Waals surface area contributed by atoms with E-state index in [1.54, 1.807) is 16.7 Å². The van der Waals surface area contributed by atoms with Crippen molar-refractivity contribution in [3.05, 3.63) is 0 Å². The van der Waals surface area contributed by atoms with E-state index in [0.717, 1.165) is 11.5 Å². The summed E-state index contributed by atoms with van der Waals surface area (Å²) in [7, 11) is 0. The number of Topliss-reactive ketones (excluding diaryl/α,β-unsaturated/α-hetero) is 1. The molecule has 1 unspecified atom stereocenters. The van der Waals surface area contributed by atoms with E-state index >= 15 is 0 Å². The summed E-state index contributed by atoms with van der Waals surface area (Å²) in [6.07, 6.45) is 0. The monoisotopic (exact) mass is 272 g/mol. The first-order chi connectivity index (χ1) is 8.41. The molecule has 0 saturated carbocycles. The Morgan fingerprint density at radius 3 is 2.67 bits per heavy atom. The molecule has 18 heavy (non-hydrogen) atoms. The van der Waals surface area contributed by atoms with Crippen molar-refractivity contribution in [3.8, 4) is 0 Å². The highest BCUT2D eigenvalue weighted by molar-refractivity contribution is 7.99. The second-order valence-corrected chi connectivity index (χ2v) is 6.48. The lowest BCUT2D eigenvalue weighted by Crippen LogP contribution is -2.50. The SMILES string of the molecule is CC(C)NC1CSCCN(CC(=O)C(C)C)C1=O. The van der Waals surface area contributed by atoms with Crippen LogP contribution >= 0.6 is 11.8 Å². The van der Waals surface area contributed by atoms with E-state index in [9.17, 15) is 9.59 Å². The summed E-state index contributed by atoms with van der Waals surface area (Å²) in [5, 5.41) is 3.28. The van der Waals surface area contributed by atoms with Crippen LogP contribution in [0, 0.1) is 5.92 Å². The molecule has 104 valence electrons. The lowest BCUT2D eigenvalue weighted by atomic mass is 10.1. The van der Waals surface area contributed by atoms with Gasteiger partial charge in [0.15, 0.2) is 5.78 Å². The fourth-order valence-corrected chi connectivity index (χ4v) is 2.82. The first kappa shape index (κ1) is 15.5. The predicted molar refractivity (Wildman–Crippen MR) is 75.8 cm³/mol. The third kappa shape index (κ3) is 4.61. The molecule has 0 aromatic rings. The normalized spacial score (nSPS) is 21.6. The molecule has 0 aromatic carbocycles. The van der Waals surface area contributed by atoms with Crippen LogP contribution in [0.3, 0.4) is 0 Å². The average molecular weight is 272 g/mol. The van der Waals surface area contributed by atoms with Crippen LogP contribution in [-0.2, 0) is 9.59 Å². The van der Waals surface area contributed by atoms with E-state index in [2.05, 4.69) is 5.32 Å². The van der Waals surface area contributed by atoms with Crippen molar-refractivity contribution >= 4 is 23.5 Å². The third-order valence-electron chi connectivity index (χ3n) is 2.92. The number of hydrogen-bond donors (Lipinski definition) is 1. The Morgan fingerprint density at radius 2 is 2.11 bits per heavy atom. The van der Waals surface area contributed by atoms with Crippen LogP contribution < -0.4 is 5.32 Å². The molecule has 1 atom stereocenters. The summed E-state index contributed by atoms with van der Waals surface area (Å²) in [6, 6.07) is 0.123. The number of rotatable bonds is 5. The molecule has 1 rings (SSSR count). The van der Waals surface area contributed by atoms with Crippen molar-refractivity contribution < 1.29 is 9.59 Å². The first-order valence-corrected chi connectivity index (χ1v) is 7.72. The van der Waals surface area contributed by atoms with Crippen molar-refractivity contribution in [2.24, 2.45) is 5.92 Å². The Kier molecular flexibility index (Phi) is 6.15. The fourth-order valence-electron chi connectivity index (χ4n) is 1.83. The molecule has 1 aliphatic heterocycles. The van der Waals surface area contributed by atoms with Crippen LogP contribution in [0.25, 0.3) is 0 Å². The Morgan fingerprint density at radius 1 is 1.44 bits per heavy atom. The minimum absolute atomic E-state index is 0.00906. The molecule has 0 radical (unpaired) electrons. The van der Waals surface area contributed by atoms with E-state index in [0.29, 0.717) is 6.54 Å². The maximum atomic E-state index is 12.3. The lowest BCUT2D eigenvalue weighted by molar-refractivity contribution is -0.137. The van der Waals surface area contributed by atoms with Crippen molar-refractivity contribution in [2.45, 2.75) is 39.8 Å². The number of nitrogens with one attached hydrogen (secondary N) is 1. The maximum absolute atomic E-state index is 12.3. The van der Waals surface area contributed by atoms with Gasteiger partial charge in [0.1, 0.15) is 0 Å². The van der Waals surface area contributed by atoms with Gasteiger partial charge in [0.2, 0.25) is 5.91 Å². The van der Waals surface area contributed by atoms with Gasteiger partial charge in [-0.1, -0.05) is 27.7 Å². The second-order valence-electron chi connectivity index (χ2n) is 5.33. The molecular formula is C13H24N2O2S. The Balaban J connectivity index is 2.66. The zero-order chi connectivity index (χ0) is 13.7. The molecule has 1 aliphatic rings. The highest BCUT2D eigenvalue weighted by Crippen LogP contribution is 2.13. The summed E-state index contributed by atoms with van der Waals surface area (Å²) in [5.41, 5.74) is 0. The number of thioether (sulfide) groups is 1. The molecule has 1 saturated heterocycles. The number of amides is 1. The van der Waals surface area contributed by atoms with Crippen LogP contribution in [-0.4, -0.2) is 53.3 Å². The minimum Gasteiger partial charge on any atom is -0.333 e. The fraction of sp³-hybridized carbons (Fsp3) is 0.846. The lowest BCUT2D eigenvalue weighted by Gasteiger charge is -2.25. The smallest absolute Gasteiger partial charge is 0.240 e. The maximum Gasteiger partial charge on any atom is 0.240 e. The van der Waals surface area contributed by atoms with E-state index in [4.69, 9.17) is 0 Å². The highest BCUT2D eigenvalue weighted by Gasteiger charge is 2.28. The molecule has 0 spiro atoms. The molecule has 4 nitrogen and oxygen atoms in total. The molecule has 5 heteroatoms. The van der Waals surface area contributed by atoms with Crippen molar-refractivity contribution in [2.75, 3.05) is 24.6 Å². The topological polar surface area (TPSA) is 49.4 Å². The van der Waals surface area contributed by atoms with Crippen molar-refractivity contribution in [1.82, 2.24) is 10.2 Å². The number of nitrogens with zero attached hydrogens (tertiary/aromatic N) is 1. The number of carbonyl (C=O) groups is 2. The largest absolute Gasteiger partial charge is 0.333 e. The van der Waals surface area contributed by atoms with E-state index in [1.807, 2.05) is 27.7 Å². The summed E-state index contributed by atoms with van der Waals surface area (Å²) in [4.78, 5) is 25.8. The summed E-state index contributed by atoms with van der Waals surface area (Å²) in [5.74, 6) is 1.91. The van der Waals surface area contributed by atoms with E-state index < -0.39 is 0 Å². The minimum atomic E-state index is -0.155. The third-order valence-corrected chi connectivity index (χ3v) is 3.97. The Hall–Kier alpha value is -0.550. The van der Waals surface area contributed by atoms with Crippen LogP contribution in [0.15, 0.2) is 0 Å². The molecule has 0 bridgehead atoms. The quantitative estimate of drug-likeness (QED) is 0.816. The second kappa shape index (κ2) is 7.14. The predicted octanol–water partition coefficient (Wildman–Crippen LogP) is 1.15. The zero-order valence-electron chi connectivity index (χ0n) is 11.7. The van der Waals surface area contributed by atoms with E-state index in [-0.39, 0.29) is 36.2 Å². The van der Waals surface area contributed by atoms with Gasteiger partial charge in [0.05, 0.1) is 12.6 Å². The van der Waals surface area contributed by atoms with Crippen molar-refractivity contribution in [3.63, 3.8) is 0 Å². The molecule has 1 amide bonds. The molecule has 1 fully saturated rings. The van der Waals surface area contributed by atoms with Gasteiger partial charge in [0.25, 0.3) is 0 Å². The number of hydrogen-bond acceptors (Lipinski definition) is 4. The van der Waals surface area contributed by atoms with Gasteiger partial charge < -0.3 is 10.2 Å². The molecule has 1 N–H and O–H groups in total. The van der Waals surface area contributed by atoms with Gasteiger partial charge in [-0.25, -0.2) is 0 Å². The Bertz CT molecular complexity index is 305. The molecule has 0 aromatic heterocycles. The molecule has 0 aliphatic carbocycles.